The minimum atomic E-state index is 0.211. The first-order valence-electron chi connectivity index (χ1n) is 6.63. The summed E-state index contributed by atoms with van der Waals surface area (Å²) in [6.45, 7) is 0. The fourth-order valence-corrected chi connectivity index (χ4v) is 3.36. The molecule has 94 valence electrons. The normalized spacial score (nSPS) is 30.3. The van der Waals surface area contributed by atoms with Crippen molar-refractivity contribution in [1.82, 2.24) is 0 Å². The van der Waals surface area contributed by atoms with Crippen LogP contribution in [0.1, 0.15) is 30.7 Å². The van der Waals surface area contributed by atoms with Crippen molar-refractivity contribution in [2.45, 2.75) is 25.2 Å². The Morgan fingerprint density at radius 1 is 1.22 bits per heavy atom. The van der Waals surface area contributed by atoms with Crippen LogP contribution in [0.5, 0.6) is 5.75 Å². The number of Topliss-reactive ketones (excluding diaryl/α,β-unsaturated/α-hetero) is 1. The quantitative estimate of drug-likeness (QED) is 0.743. The number of hydrogen-bond acceptors (Lipinski definition) is 2. The van der Waals surface area contributed by atoms with Crippen molar-refractivity contribution in [2.75, 3.05) is 7.11 Å². The van der Waals surface area contributed by atoms with Crippen molar-refractivity contribution < 1.29 is 9.53 Å². The lowest BCUT2D eigenvalue weighted by molar-refractivity contribution is -0.121. The molecule has 0 amide bonds. The monoisotopic (exact) mass is 242 g/mol. The number of fused-ring (bicyclic) bond motifs is 1. The molecule has 1 aromatic rings. The molecule has 1 aromatic carbocycles. The van der Waals surface area contributed by atoms with E-state index >= 15 is 0 Å². The third kappa shape index (κ3) is 1.86. The van der Waals surface area contributed by atoms with Crippen LogP contribution in [0.3, 0.4) is 0 Å². The Hall–Kier alpha value is -1.57. The van der Waals surface area contributed by atoms with Crippen LogP contribution in [0.4, 0.5) is 0 Å². The molecule has 18 heavy (non-hydrogen) atoms. The fraction of sp³-hybridized carbons (Fsp3) is 0.438. The molecule has 0 heterocycles. The minimum Gasteiger partial charge on any atom is -0.497 e. The van der Waals surface area contributed by atoms with Gasteiger partial charge in [0, 0.05) is 18.3 Å². The number of ketones is 1. The summed E-state index contributed by atoms with van der Waals surface area (Å²) in [5.41, 5.74) is 1.23. The lowest BCUT2D eigenvalue weighted by atomic mass is 9.74. The summed E-state index contributed by atoms with van der Waals surface area (Å²) in [4.78, 5) is 12.1. The average Bonchev–Trinajstić information content (AvgIpc) is 2.81. The summed E-state index contributed by atoms with van der Waals surface area (Å²) in [7, 11) is 1.67. The van der Waals surface area contributed by atoms with E-state index in [2.05, 4.69) is 24.3 Å². The standard InChI is InChI=1S/C16H18O2/c1-18-13-8-5-11(6-9-13)14-4-2-3-12-7-10-15(17)16(12)14/h2,4-6,8-9,12,14,16H,3,7,10H2,1H3. The molecule has 0 bridgehead atoms. The van der Waals surface area contributed by atoms with Crippen molar-refractivity contribution in [3.63, 3.8) is 0 Å². The van der Waals surface area contributed by atoms with Gasteiger partial charge in [-0.15, -0.1) is 0 Å². The molecule has 0 saturated heterocycles. The topological polar surface area (TPSA) is 26.3 Å². The summed E-state index contributed by atoms with van der Waals surface area (Å²) in [6, 6.07) is 8.13. The number of benzene rings is 1. The maximum atomic E-state index is 12.1. The van der Waals surface area contributed by atoms with Crippen LogP contribution in [0.15, 0.2) is 36.4 Å². The van der Waals surface area contributed by atoms with Crippen LogP contribution < -0.4 is 4.74 Å². The zero-order valence-corrected chi connectivity index (χ0v) is 10.6. The molecular weight excluding hydrogens is 224 g/mol. The number of methoxy groups -OCH3 is 1. The highest BCUT2D eigenvalue weighted by atomic mass is 16.5. The molecule has 2 aliphatic carbocycles. The molecule has 2 aliphatic rings. The van der Waals surface area contributed by atoms with E-state index in [4.69, 9.17) is 4.74 Å². The van der Waals surface area contributed by atoms with E-state index in [1.54, 1.807) is 7.11 Å². The first kappa shape index (κ1) is 11.5. The Kier molecular flexibility index (Phi) is 2.94. The van der Waals surface area contributed by atoms with Crippen LogP contribution in [0, 0.1) is 11.8 Å². The third-order valence-electron chi connectivity index (χ3n) is 4.31. The maximum Gasteiger partial charge on any atom is 0.137 e. The zero-order chi connectivity index (χ0) is 12.5. The molecular formula is C16H18O2. The molecule has 0 aliphatic heterocycles. The Morgan fingerprint density at radius 3 is 2.72 bits per heavy atom. The minimum absolute atomic E-state index is 0.211. The maximum absolute atomic E-state index is 12.1. The summed E-state index contributed by atoms with van der Waals surface area (Å²) in [6.07, 6.45) is 7.37. The van der Waals surface area contributed by atoms with Crippen molar-refractivity contribution >= 4 is 5.78 Å². The van der Waals surface area contributed by atoms with Crippen molar-refractivity contribution in [2.24, 2.45) is 11.8 Å². The van der Waals surface area contributed by atoms with Crippen LogP contribution in [-0.4, -0.2) is 12.9 Å². The van der Waals surface area contributed by atoms with Crippen molar-refractivity contribution in [3.8, 4) is 5.75 Å². The number of carbonyl (C=O) groups excluding carboxylic acids is 1. The predicted molar refractivity (Wildman–Crippen MR) is 70.7 cm³/mol. The van der Waals surface area contributed by atoms with Crippen molar-refractivity contribution in [3.05, 3.63) is 42.0 Å². The smallest absolute Gasteiger partial charge is 0.137 e. The molecule has 0 spiro atoms. The predicted octanol–water partition coefficient (Wildman–Crippen LogP) is 3.33. The van der Waals surface area contributed by atoms with E-state index in [-0.39, 0.29) is 11.8 Å². The van der Waals surface area contributed by atoms with E-state index in [9.17, 15) is 4.79 Å². The van der Waals surface area contributed by atoms with Gasteiger partial charge in [0.05, 0.1) is 7.11 Å². The van der Waals surface area contributed by atoms with Gasteiger partial charge in [-0.2, -0.15) is 0 Å². The number of rotatable bonds is 2. The molecule has 1 fully saturated rings. The van der Waals surface area contributed by atoms with Crippen LogP contribution in [0.25, 0.3) is 0 Å². The molecule has 3 atom stereocenters. The van der Waals surface area contributed by atoms with Gasteiger partial charge in [0.25, 0.3) is 0 Å². The Bertz CT molecular complexity index is 472. The summed E-state index contributed by atoms with van der Waals surface area (Å²) >= 11 is 0. The Morgan fingerprint density at radius 2 is 2.00 bits per heavy atom. The lowest BCUT2D eigenvalue weighted by Crippen LogP contribution is -2.24. The molecule has 3 rings (SSSR count). The van der Waals surface area contributed by atoms with E-state index < -0.39 is 0 Å². The fourth-order valence-electron chi connectivity index (χ4n) is 3.36. The highest BCUT2D eigenvalue weighted by Crippen LogP contribution is 2.44. The molecule has 0 radical (unpaired) electrons. The van der Waals surface area contributed by atoms with Crippen LogP contribution >= 0.6 is 0 Å². The third-order valence-corrected chi connectivity index (χ3v) is 4.31. The van der Waals surface area contributed by atoms with E-state index in [1.165, 1.54) is 5.56 Å². The Balaban J connectivity index is 1.91. The number of ether oxygens (including phenoxy) is 1. The molecule has 0 N–H and O–H groups in total. The molecule has 2 heteroatoms. The Labute approximate surface area is 108 Å². The second kappa shape index (κ2) is 4.60. The van der Waals surface area contributed by atoms with Crippen molar-refractivity contribution in [1.29, 1.82) is 0 Å². The number of allylic oxidation sites excluding steroid dienone is 2. The zero-order valence-electron chi connectivity index (χ0n) is 10.6. The highest BCUT2D eigenvalue weighted by Gasteiger charge is 2.40. The first-order valence-corrected chi connectivity index (χ1v) is 6.63. The van der Waals surface area contributed by atoms with Gasteiger partial charge in [-0.1, -0.05) is 24.3 Å². The lowest BCUT2D eigenvalue weighted by Gasteiger charge is -2.29. The first-order chi connectivity index (χ1) is 8.79. The van der Waals surface area contributed by atoms with Gasteiger partial charge in [0.2, 0.25) is 0 Å². The second-order valence-electron chi connectivity index (χ2n) is 5.25. The van der Waals surface area contributed by atoms with Gasteiger partial charge in [-0.3, -0.25) is 4.79 Å². The molecule has 1 saturated carbocycles. The van der Waals surface area contributed by atoms with Crippen LogP contribution in [-0.2, 0) is 4.79 Å². The summed E-state index contributed by atoms with van der Waals surface area (Å²) < 4.78 is 5.18. The van der Waals surface area contributed by atoms with E-state index in [1.807, 2.05) is 12.1 Å². The summed E-state index contributed by atoms with van der Waals surface area (Å²) in [5, 5.41) is 0. The number of carbonyl (C=O) groups is 1. The van der Waals surface area contributed by atoms with E-state index in [0.29, 0.717) is 11.7 Å². The van der Waals surface area contributed by atoms with Crippen LogP contribution in [0.2, 0.25) is 0 Å². The highest BCUT2D eigenvalue weighted by molar-refractivity contribution is 5.85. The van der Waals surface area contributed by atoms with E-state index in [0.717, 1.165) is 25.0 Å². The van der Waals surface area contributed by atoms with Gasteiger partial charge in [-0.25, -0.2) is 0 Å². The number of hydrogen-bond donors (Lipinski definition) is 0. The molecule has 2 nitrogen and oxygen atoms in total. The average molecular weight is 242 g/mol. The van der Waals surface area contributed by atoms with Gasteiger partial charge in [0.15, 0.2) is 0 Å². The second-order valence-corrected chi connectivity index (χ2v) is 5.25. The largest absolute Gasteiger partial charge is 0.497 e. The molecule has 0 aromatic heterocycles. The van der Waals surface area contributed by atoms with Gasteiger partial charge in [0.1, 0.15) is 11.5 Å². The summed E-state index contributed by atoms with van der Waals surface area (Å²) in [5.74, 6) is 2.36. The SMILES string of the molecule is COc1ccc(C2C=CCC3CCC(=O)C32)cc1. The molecule has 3 unspecified atom stereocenters. The van der Waals surface area contributed by atoms with Gasteiger partial charge >= 0.3 is 0 Å². The van der Waals surface area contributed by atoms with Gasteiger partial charge < -0.3 is 4.74 Å². The van der Waals surface area contributed by atoms with Gasteiger partial charge in [-0.05, 0) is 36.5 Å².